The molecule has 168 valence electrons. The third kappa shape index (κ3) is 3.99. The van der Waals surface area contributed by atoms with Crippen LogP contribution in [0.25, 0.3) is 11.2 Å². The van der Waals surface area contributed by atoms with Gasteiger partial charge in [-0.3, -0.25) is 4.79 Å². The molecule has 10 nitrogen and oxygen atoms in total. The number of fused-ring (bicyclic) bond motifs is 1. The summed E-state index contributed by atoms with van der Waals surface area (Å²) in [4.78, 5) is 21.7. The van der Waals surface area contributed by atoms with Gasteiger partial charge >= 0.3 is 0 Å². The number of hydrogen-bond acceptors (Lipinski definition) is 9. The molecule has 1 aromatic carbocycles. The molecule has 0 bridgehead atoms. The van der Waals surface area contributed by atoms with Gasteiger partial charge in [0.2, 0.25) is 5.91 Å². The van der Waals surface area contributed by atoms with Gasteiger partial charge in [0.25, 0.3) is 0 Å². The summed E-state index contributed by atoms with van der Waals surface area (Å²) in [5.74, 6) is -1.03. The molecular formula is C19H19Cl2N7O3S. The highest BCUT2D eigenvalue weighted by molar-refractivity contribution is 7.99. The van der Waals surface area contributed by atoms with Crippen molar-refractivity contribution >= 4 is 57.9 Å². The van der Waals surface area contributed by atoms with Gasteiger partial charge in [0.05, 0.1) is 28.1 Å². The van der Waals surface area contributed by atoms with Crippen molar-refractivity contribution in [1.29, 1.82) is 0 Å². The Bertz CT molecular complexity index is 1210. The van der Waals surface area contributed by atoms with Crippen molar-refractivity contribution in [2.24, 2.45) is 11.7 Å². The fourth-order valence-electron chi connectivity index (χ4n) is 3.78. The maximum absolute atomic E-state index is 11.7. The van der Waals surface area contributed by atoms with Crippen LogP contribution in [0.2, 0.25) is 10.0 Å². The molecular weight excluding hydrogens is 477 g/mol. The Labute approximate surface area is 196 Å². The average Bonchev–Trinajstić information content (AvgIpc) is 3.39. The van der Waals surface area contributed by atoms with Gasteiger partial charge in [0.15, 0.2) is 22.1 Å². The van der Waals surface area contributed by atoms with Crippen LogP contribution in [0.15, 0.2) is 28.3 Å². The highest BCUT2D eigenvalue weighted by atomic mass is 35.5. The van der Waals surface area contributed by atoms with Gasteiger partial charge in [-0.2, -0.15) is 0 Å². The Morgan fingerprint density at radius 3 is 2.62 bits per heavy atom. The van der Waals surface area contributed by atoms with Crippen LogP contribution in [0.4, 0.5) is 5.82 Å². The summed E-state index contributed by atoms with van der Waals surface area (Å²) in [6.45, 7) is 0. The summed E-state index contributed by atoms with van der Waals surface area (Å²) in [6, 6.07) is 4.82. The summed E-state index contributed by atoms with van der Waals surface area (Å²) >= 11 is 13.4. The topological polar surface area (TPSA) is 152 Å². The number of benzene rings is 1. The Morgan fingerprint density at radius 1 is 1.19 bits per heavy atom. The van der Waals surface area contributed by atoms with E-state index in [4.69, 9.17) is 28.9 Å². The molecule has 5 N–H and O–H groups in total. The normalized spacial score (nSPS) is 25.4. The molecule has 0 saturated heterocycles. The third-order valence-corrected chi connectivity index (χ3v) is 7.25. The van der Waals surface area contributed by atoms with E-state index in [1.165, 1.54) is 16.4 Å². The second kappa shape index (κ2) is 8.31. The number of aromatic nitrogens is 5. The van der Waals surface area contributed by atoms with Gasteiger partial charge in [-0.05, 0) is 49.2 Å². The van der Waals surface area contributed by atoms with Crippen molar-refractivity contribution < 1.29 is 15.0 Å². The van der Waals surface area contributed by atoms with E-state index >= 15 is 0 Å². The Morgan fingerprint density at radius 2 is 1.97 bits per heavy atom. The van der Waals surface area contributed by atoms with Crippen LogP contribution in [0.5, 0.6) is 0 Å². The van der Waals surface area contributed by atoms with Crippen LogP contribution in [-0.2, 0) is 4.79 Å². The second-order valence-electron chi connectivity index (χ2n) is 7.95. The monoisotopic (exact) mass is 495 g/mol. The lowest BCUT2D eigenvalue weighted by Crippen LogP contribution is -2.35. The highest BCUT2D eigenvalue weighted by Gasteiger charge is 2.46. The molecule has 2 fully saturated rings. The molecule has 0 unspecified atom stereocenters. The molecule has 0 radical (unpaired) electrons. The number of primary amides is 1. The van der Waals surface area contributed by atoms with Crippen LogP contribution in [0, 0.1) is 5.92 Å². The zero-order chi connectivity index (χ0) is 22.6. The number of carbonyl (C=O) groups excluding carboxylic acids is 1. The lowest BCUT2D eigenvalue weighted by atomic mass is 10.1. The Balaban J connectivity index is 1.55. The van der Waals surface area contributed by atoms with E-state index in [0.717, 1.165) is 17.7 Å². The minimum absolute atomic E-state index is 0.126. The number of aliphatic hydroxyl groups excluding tert-OH is 2. The summed E-state index contributed by atoms with van der Waals surface area (Å²) in [5.41, 5.74) is 6.21. The van der Waals surface area contributed by atoms with E-state index in [-0.39, 0.29) is 6.42 Å². The van der Waals surface area contributed by atoms with Crippen LogP contribution >= 0.6 is 35.0 Å². The fourth-order valence-corrected chi connectivity index (χ4v) is 4.94. The van der Waals surface area contributed by atoms with Crippen LogP contribution in [0.3, 0.4) is 0 Å². The maximum atomic E-state index is 11.7. The van der Waals surface area contributed by atoms with Crippen molar-refractivity contribution in [1.82, 2.24) is 25.0 Å². The van der Waals surface area contributed by atoms with E-state index in [1.807, 2.05) is 6.07 Å². The molecule has 0 aliphatic heterocycles. The van der Waals surface area contributed by atoms with Gasteiger partial charge in [0, 0.05) is 10.9 Å². The number of nitrogens with zero attached hydrogens (tertiary/aromatic N) is 5. The zero-order valence-electron chi connectivity index (χ0n) is 16.5. The average molecular weight is 496 g/mol. The number of aliphatic hydroxyl groups is 2. The van der Waals surface area contributed by atoms with E-state index in [2.05, 4.69) is 25.6 Å². The predicted octanol–water partition coefficient (Wildman–Crippen LogP) is 2.02. The highest BCUT2D eigenvalue weighted by Crippen LogP contribution is 2.38. The minimum atomic E-state index is -1.28. The predicted molar refractivity (Wildman–Crippen MR) is 119 cm³/mol. The quantitative estimate of drug-likeness (QED) is 0.376. The van der Waals surface area contributed by atoms with E-state index < -0.39 is 30.1 Å². The summed E-state index contributed by atoms with van der Waals surface area (Å²) in [6.07, 6.45) is -0.335. The molecule has 5 rings (SSSR count). The molecule has 2 heterocycles. The van der Waals surface area contributed by atoms with Crippen molar-refractivity contribution in [3.63, 3.8) is 0 Å². The number of anilines is 1. The summed E-state index contributed by atoms with van der Waals surface area (Å²) in [5, 5.41) is 33.8. The molecule has 3 aromatic rings. The van der Waals surface area contributed by atoms with Crippen molar-refractivity contribution in [2.75, 3.05) is 5.32 Å². The molecule has 0 spiro atoms. The number of hydrogen-bond donors (Lipinski definition) is 4. The summed E-state index contributed by atoms with van der Waals surface area (Å²) in [7, 11) is 0. The van der Waals surface area contributed by atoms with E-state index in [1.54, 1.807) is 12.1 Å². The first-order valence-corrected chi connectivity index (χ1v) is 11.6. The minimum Gasteiger partial charge on any atom is -0.390 e. The van der Waals surface area contributed by atoms with Gasteiger partial charge in [0.1, 0.15) is 6.10 Å². The molecule has 32 heavy (non-hydrogen) atoms. The van der Waals surface area contributed by atoms with E-state index in [9.17, 15) is 15.0 Å². The zero-order valence-corrected chi connectivity index (χ0v) is 18.8. The molecule has 1 amide bonds. The number of nitrogens with one attached hydrogen (secondary N) is 1. The number of halogens is 2. The molecule has 2 aliphatic carbocycles. The largest absolute Gasteiger partial charge is 0.390 e. The third-order valence-electron chi connectivity index (χ3n) is 5.65. The first-order chi connectivity index (χ1) is 15.3. The molecule has 2 aromatic heterocycles. The lowest BCUT2D eigenvalue weighted by Gasteiger charge is -2.17. The van der Waals surface area contributed by atoms with Gasteiger partial charge in [-0.15, -0.1) is 5.10 Å². The first kappa shape index (κ1) is 21.7. The van der Waals surface area contributed by atoms with E-state index in [0.29, 0.717) is 38.2 Å². The van der Waals surface area contributed by atoms with Gasteiger partial charge in [-0.25, -0.2) is 14.6 Å². The smallest absolute Gasteiger partial charge is 0.223 e. The molecule has 13 heteroatoms. The second-order valence-corrected chi connectivity index (χ2v) is 9.81. The fraction of sp³-hybridized carbons (Fsp3) is 0.421. The Kier molecular flexibility index (Phi) is 5.62. The number of rotatable bonds is 6. The van der Waals surface area contributed by atoms with Gasteiger partial charge < -0.3 is 21.3 Å². The lowest BCUT2D eigenvalue weighted by molar-refractivity contribution is -0.125. The van der Waals surface area contributed by atoms with Crippen LogP contribution in [0.1, 0.15) is 25.3 Å². The van der Waals surface area contributed by atoms with Crippen LogP contribution in [-0.4, -0.2) is 59.3 Å². The maximum Gasteiger partial charge on any atom is 0.223 e. The van der Waals surface area contributed by atoms with Crippen molar-refractivity contribution in [2.45, 2.75) is 53.6 Å². The van der Waals surface area contributed by atoms with Crippen molar-refractivity contribution in [3.05, 3.63) is 28.2 Å². The van der Waals surface area contributed by atoms with Crippen molar-refractivity contribution in [3.8, 4) is 0 Å². The first-order valence-electron chi connectivity index (χ1n) is 9.99. The Hall–Kier alpha value is -2.18. The summed E-state index contributed by atoms with van der Waals surface area (Å²) < 4.78 is 1.44. The standard InChI is InChI=1S/C19H19Cl2N7O3S/c20-10-4-3-8(5-11(10)21)32-19-24-17(23-7-1-2-7)13-18(25-19)28(27-26-13)12-6-9(16(22)31)14(29)15(12)30/h3-5,7,9,12,14-15,29-30H,1-2,6H2,(H2,22,31)(H,23,24,25)/t9-,12+,14+,15-/m0/s1. The molecule has 4 atom stereocenters. The number of amides is 1. The molecule has 2 saturated carbocycles. The van der Waals surface area contributed by atoms with Crippen LogP contribution < -0.4 is 11.1 Å². The number of nitrogens with two attached hydrogens (primary N) is 1. The number of carbonyl (C=O) groups is 1. The molecule has 2 aliphatic rings. The SMILES string of the molecule is NC(=O)[C@H]1C[C@@H](n2nnc3c(NC4CC4)nc(Sc4ccc(Cl)c(Cl)c4)nc32)[C@H](O)[C@@H]1O. The van der Waals surface area contributed by atoms with Gasteiger partial charge in [-0.1, -0.05) is 28.4 Å².